The molecule has 1 unspecified atom stereocenters. The summed E-state index contributed by atoms with van der Waals surface area (Å²) in [4.78, 5) is 11.4. The third kappa shape index (κ3) is 5.17. The molecule has 0 fully saturated rings. The number of nitrogens with one attached hydrogen (secondary N) is 1. The average Bonchev–Trinajstić information content (AvgIpc) is 3.15. The molecule has 1 aromatic carbocycles. The van der Waals surface area contributed by atoms with Crippen LogP contribution in [0.15, 0.2) is 29.3 Å². The maximum atomic E-state index is 13.9. The summed E-state index contributed by atoms with van der Waals surface area (Å²) in [5.74, 6) is 0.339. The number of aryl methyl sites for hydroxylation is 2. The molecule has 1 aliphatic heterocycles. The highest BCUT2D eigenvalue weighted by molar-refractivity contribution is 7.93. The third-order valence-corrected chi connectivity index (χ3v) is 6.77. The number of nitrogens with zero attached hydrogens (tertiary/aromatic N) is 3. The molecule has 0 aliphatic carbocycles. The zero-order chi connectivity index (χ0) is 23.5. The lowest BCUT2D eigenvalue weighted by atomic mass is 10.1. The van der Waals surface area contributed by atoms with Gasteiger partial charge in [0.2, 0.25) is 5.91 Å². The molecule has 0 spiro atoms. The first-order valence-corrected chi connectivity index (χ1v) is 12.4. The minimum atomic E-state index is -4.01. The molecule has 9 nitrogen and oxygen atoms in total. The Morgan fingerprint density at radius 1 is 1.34 bits per heavy atom. The lowest BCUT2D eigenvalue weighted by Crippen LogP contribution is -2.48. The van der Waals surface area contributed by atoms with E-state index in [1.54, 1.807) is 10.7 Å². The number of aromatic nitrogens is 2. The van der Waals surface area contributed by atoms with Crippen LogP contribution in [0.25, 0.3) is 0 Å². The monoisotopic (exact) mass is 464 g/mol. The van der Waals surface area contributed by atoms with Crippen molar-refractivity contribution < 1.29 is 22.7 Å². The van der Waals surface area contributed by atoms with Gasteiger partial charge < -0.3 is 14.8 Å². The van der Waals surface area contributed by atoms with Crippen molar-refractivity contribution in [2.45, 2.75) is 71.1 Å². The second kappa shape index (κ2) is 9.81. The zero-order valence-corrected chi connectivity index (χ0v) is 20.1. The average molecular weight is 465 g/mol. The Morgan fingerprint density at radius 2 is 2.09 bits per heavy atom. The molecule has 1 N–H and O–H groups in total. The maximum Gasteiger partial charge on any atom is 0.271 e. The first kappa shape index (κ1) is 23.9. The van der Waals surface area contributed by atoms with E-state index < -0.39 is 16.1 Å². The van der Waals surface area contributed by atoms with Crippen LogP contribution >= 0.6 is 0 Å². The fourth-order valence-electron chi connectivity index (χ4n) is 3.54. The van der Waals surface area contributed by atoms with Gasteiger partial charge in [-0.15, -0.1) is 5.10 Å². The van der Waals surface area contributed by atoms with Crippen LogP contribution in [0.4, 0.5) is 5.69 Å². The molecule has 2 aromatic rings. The topological polar surface area (TPSA) is 103 Å². The van der Waals surface area contributed by atoms with Crippen molar-refractivity contribution in [1.29, 1.82) is 0 Å². The summed E-state index contributed by atoms with van der Waals surface area (Å²) in [6.07, 6.45) is 2.50. The highest BCUT2D eigenvalue weighted by atomic mass is 32.2. The van der Waals surface area contributed by atoms with Gasteiger partial charge in [-0.2, -0.15) is 0 Å². The molecule has 0 saturated heterocycles. The molecule has 1 amide bonds. The van der Waals surface area contributed by atoms with Crippen LogP contribution in [0.2, 0.25) is 0 Å². The van der Waals surface area contributed by atoms with Crippen molar-refractivity contribution in [2.75, 3.05) is 17.4 Å². The normalized spacial score (nSPS) is 15.9. The van der Waals surface area contributed by atoms with Gasteiger partial charge >= 0.3 is 0 Å². The summed E-state index contributed by atoms with van der Waals surface area (Å²) in [6.45, 7) is 9.78. The van der Waals surface area contributed by atoms with Crippen molar-refractivity contribution in [3.63, 3.8) is 0 Å². The van der Waals surface area contributed by atoms with E-state index in [0.29, 0.717) is 18.0 Å². The summed E-state index contributed by atoms with van der Waals surface area (Å²) < 4.78 is 42.4. The molecule has 32 heavy (non-hydrogen) atoms. The summed E-state index contributed by atoms with van der Waals surface area (Å²) >= 11 is 0. The van der Waals surface area contributed by atoms with Crippen LogP contribution in [0.5, 0.6) is 11.6 Å². The Hall–Kier alpha value is -2.75. The zero-order valence-electron chi connectivity index (χ0n) is 19.3. The lowest BCUT2D eigenvalue weighted by molar-refractivity contribution is -0.119. The van der Waals surface area contributed by atoms with Crippen LogP contribution in [0, 0.1) is 0 Å². The number of sulfonamides is 1. The summed E-state index contributed by atoms with van der Waals surface area (Å²) in [7, 11) is -4.01. The van der Waals surface area contributed by atoms with Gasteiger partial charge in [-0.1, -0.05) is 19.4 Å². The quantitative estimate of drug-likeness (QED) is 0.612. The number of anilines is 1. The van der Waals surface area contributed by atoms with Crippen LogP contribution in [0.1, 0.15) is 46.6 Å². The molecule has 2 heterocycles. The Labute approximate surface area is 189 Å². The van der Waals surface area contributed by atoms with Crippen LogP contribution in [-0.2, 0) is 27.8 Å². The van der Waals surface area contributed by atoms with E-state index in [9.17, 15) is 13.2 Å². The fraction of sp³-hybridized carbons (Fsp3) is 0.545. The lowest BCUT2D eigenvalue weighted by Gasteiger charge is -2.35. The number of carbonyl (C=O) groups excluding carboxylic acids is 1. The van der Waals surface area contributed by atoms with E-state index in [1.807, 2.05) is 32.9 Å². The first-order valence-electron chi connectivity index (χ1n) is 11.0. The minimum absolute atomic E-state index is 0.0140. The molecule has 0 bridgehead atoms. The standard InChI is InChI=1S/C22H32N4O5S/c1-6-8-17-9-10-20-19(11-17)26(13-18(31-20)12-23-16(5)27)32(28,29)21-14-25(7-2)24-22(21)30-15(3)4/h9-11,14-15,18H,6-8,12-13H2,1-5H3,(H,23,27). The van der Waals surface area contributed by atoms with E-state index in [-0.39, 0.29) is 35.9 Å². The van der Waals surface area contributed by atoms with E-state index in [2.05, 4.69) is 17.3 Å². The largest absolute Gasteiger partial charge is 0.484 e. The number of hydrogen-bond acceptors (Lipinski definition) is 6. The molecule has 1 aliphatic rings. The first-order chi connectivity index (χ1) is 15.1. The summed E-state index contributed by atoms with van der Waals surface area (Å²) in [5.41, 5.74) is 1.51. The van der Waals surface area contributed by atoms with Crippen molar-refractivity contribution >= 4 is 21.6 Å². The van der Waals surface area contributed by atoms with Gasteiger partial charge in [-0.3, -0.25) is 13.8 Å². The van der Waals surface area contributed by atoms with Crippen LogP contribution in [0.3, 0.4) is 0 Å². The number of ether oxygens (including phenoxy) is 2. The molecule has 3 rings (SSSR count). The predicted molar refractivity (Wildman–Crippen MR) is 122 cm³/mol. The van der Waals surface area contributed by atoms with Gasteiger partial charge in [0.25, 0.3) is 15.9 Å². The predicted octanol–water partition coefficient (Wildman–Crippen LogP) is 2.74. The van der Waals surface area contributed by atoms with Crippen LogP contribution < -0.4 is 19.1 Å². The van der Waals surface area contributed by atoms with E-state index in [0.717, 1.165) is 18.4 Å². The maximum absolute atomic E-state index is 13.9. The molecular weight excluding hydrogens is 432 g/mol. The number of benzene rings is 1. The summed E-state index contributed by atoms with van der Waals surface area (Å²) in [6, 6.07) is 5.60. The minimum Gasteiger partial charge on any atom is -0.484 e. The highest BCUT2D eigenvalue weighted by Crippen LogP contribution is 2.39. The number of amides is 1. The van der Waals surface area contributed by atoms with Crippen molar-refractivity contribution in [3.8, 4) is 11.6 Å². The van der Waals surface area contributed by atoms with Crippen molar-refractivity contribution in [3.05, 3.63) is 30.0 Å². The Balaban J connectivity index is 2.08. The van der Waals surface area contributed by atoms with E-state index in [1.165, 1.54) is 17.4 Å². The van der Waals surface area contributed by atoms with Gasteiger partial charge in [0.05, 0.1) is 24.9 Å². The van der Waals surface area contributed by atoms with Gasteiger partial charge in [-0.05, 0) is 44.9 Å². The molecule has 1 atom stereocenters. The fourth-order valence-corrected chi connectivity index (χ4v) is 5.11. The van der Waals surface area contributed by atoms with E-state index >= 15 is 0 Å². The SMILES string of the molecule is CCCc1ccc2c(c1)N(S(=O)(=O)c1cn(CC)nc1OC(C)C)CC(CNC(C)=O)O2. The molecule has 0 radical (unpaired) electrons. The third-order valence-electron chi connectivity index (χ3n) is 5.01. The molecule has 10 heteroatoms. The van der Waals surface area contributed by atoms with Gasteiger partial charge in [0, 0.05) is 19.7 Å². The van der Waals surface area contributed by atoms with Gasteiger partial charge in [-0.25, -0.2) is 8.42 Å². The highest BCUT2D eigenvalue weighted by Gasteiger charge is 2.38. The molecule has 1 aromatic heterocycles. The number of rotatable bonds is 9. The van der Waals surface area contributed by atoms with Gasteiger partial charge in [0.1, 0.15) is 11.9 Å². The second-order valence-electron chi connectivity index (χ2n) is 8.09. The van der Waals surface area contributed by atoms with Crippen molar-refractivity contribution in [1.82, 2.24) is 15.1 Å². The smallest absolute Gasteiger partial charge is 0.271 e. The summed E-state index contributed by atoms with van der Waals surface area (Å²) in [5, 5.41) is 7.03. The number of fused-ring (bicyclic) bond motifs is 1. The Bertz CT molecular complexity index is 1060. The number of hydrogen-bond donors (Lipinski definition) is 1. The molecule has 0 saturated carbocycles. The van der Waals surface area contributed by atoms with Crippen LogP contribution in [-0.4, -0.2) is 49.4 Å². The Kier molecular flexibility index (Phi) is 7.33. The van der Waals surface area contributed by atoms with Gasteiger partial charge in [0.15, 0.2) is 4.90 Å². The van der Waals surface area contributed by atoms with Crippen molar-refractivity contribution in [2.24, 2.45) is 0 Å². The molecule has 176 valence electrons. The molecular formula is C22H32N4O5S. The number of carbonyl (C=O) groups is 1. The van der Waals surface area contributed by atoms with E-state index in [4.69, 9.17) is 9.47 Å². The Morgan fingerprint density at radius 3 is 2.72 bits per heavy atom. The second-order valence-corrected chi connectivity index (χ2v) is 9.92.